The molecule has 2 aromatic carbocycles. The highest BCUT2D eigenvalue weighted by Gasteiger charge is 2.10. The van der Waals surface area contributed by atoms with Crippen LogP contribution in [-0.4, -0.2) is 25.9 Å². The Hall–Kier alpha value is -3.61. The van der Waals surface area contributed by atoms with Crippen molar-refractivity contribution in [1.82, 2.24) is 25.3 Å². The molecule has 0 aliphatic heterocycles. The van der Waals surface area contributed by atoms with Gasteiger partial charge in [-0.3, -0.25) is 4.79 Å². The molecule has 0 saturated carbocycles. The number of carbonyl (C=O) groups excluding carboxylic acids is 1. The molecule has 0 saturated heterocycles. The van der Waals surface area contributed by atoms with Crippen LogP contribution >= 0.6 is 0 Å². The van der Waals surface area contributed by atoms with Crippen molar-refractivity contribution < 1.29 is 9.18 Å². The molecule has 0 atom stereocenters. The minimum absolute atomic E-state index is 0.228. The van der Waals surface area contributed by atoms with E-state index in [0.29, 0.717) is 29.0 Å². The standard InChI is InChI=1S/C19H14FN5O/c20-15-8-6-13(7-9-15)12-22-19(26)14-3-1-4-16(11-14)25-18-17(23-24-25)5-2-10-21-18/h1-11H,12H2,(H,22,26). The summed E-state index contributed by atoms with van der Waals surface area (Å²) in [5.74, 6) is -0.532. The molecule has 0 aliphatic carbocycles. The predicted octanol–water partition coefficient (Wildman–Crippen LogP) is 2.88. The summed E-state index contributed by atoms with van der Waals surface area (Å²) in [5, 5.41) is 11.0. The molecule has 0 unspecified atom stereocenters. The minimum atomic E-state index is -0.304. The average molecular weight is 347 g/mol. The van der Waals surface area contributed by atoms with Gasteiger partial charge < -0.3 is 5.32 Å². The zero-order valence-corrected chi connectivity index (χ0v) is 13.6. The summed E-state index contributed by atoms with van der Waals surface area (Å²) in [4.78, 5) is 16.7. The van der Waals surface area contributed by atoms with Crippen molar-refractivity contribution >= 4 is 17.1 Å². The van der Waals surface area contributed by atoms with Gasteiger partial charge in [-0.2, -0.15) is 4.68 Å². The first-order valence-electron chi connectivity index (χ1n) is 8.00. The third kappa shape index (κ3) is 3.14. The SMILES string of the molecule is O=C(NCc1ccc(F)cc1)c1cccc(-n2nnc3cccnc32)c1. The summed E-state index contributed by atoms with van der Waals surface area (Å²) in [6.07, 6.45) is 1.67. The number of rotatable bonds is 4. The minimum Gasteiger partial charge on any atom is -0.348 e. The van der Waals surface area contributed by atoms with E-state index in [-0.39, 0.29) is 11.7 Å². The van der Waals surface area contributed by atoms with Gasteiger partial charge in [0.1, 0.15) is 11.3 Å². The average Bonchev–Trinajstić information content (AvgIpc) is 3.11. The smallest absolute Gasteiger partial charge is 0.251 e. The molecule has 26 heavy (non-hydrogen) atoms. The Morgan fingerprint density at radius 2 is 1.92 bits per heavy atom. The monoisotopic (exact) mass is 347 g/mol. The Labute approximate surface area is 148 Å². The molecular formula is C19H14FN5O. The first-order valence-corrected chi connectivity index (χ1v) is 8.00. The topological polar surface area (TPSA) is 72.7 Å². The zero-order chi connectivity index (χ0) is 17.9. The first-order chi connectivity index (χ1) is 12.7. The van der Waals surface area contributed by atoms with Crippen LogP contribution in [0.2, 0.25) is 0 Å². The summed E-state index contributed by atoms with van der Waals surface area (Å²) in [6, 6.07) is 16.7. The molecule has 4 aromatic rings. The number of pyridine rings is 1. The Balaban J connectivity index is 1.55. The van der Waals surface area contributed by atoms with Crippen molar-refractivity contribution in [3.8, 4) is 5.69 Å². The van der Waals surface area contributed by atoms with Crippen LogP contribution in [0.3, 0.4) is 0 Å². The number of fused-ring (bicyclic) bond motifs is 1. The van der Waals surface area contributed by atoms with Crippen molar-refractivity contribution in [3.63, 3.8) is 0 Å². The Morgan fingerprint density at radius 1 is 1.08 bits per heavy atom. The molecular weight excluding hydrogens is 333 g/mol. The van der Waals surface area contributed by atoms with E-state index >= 15 is 0 Å². The van der Waals surface area contributed by atoms with Crippen molar-refractivity contribution in [1.29, 1.82) is 0 Å². The summed E-state index contributed by atoms with van der Waals surface area (Å²) >= 11 is 0. The Bertz CT molecular complexity index is 1070. The lowest BCUT2D eigenvalue weighted by Gasteiger charge is -2.07. The third-order valence-corrected chi connectivity index (χ3v) is 3.93. The van der Waals surface area contributed by atoms with Gasteiger partial charge >= 0.3 is 0 Å². The molecule has 6 nitrogen and oxygen atoms in total. The van der Waals surface area contributed by atoms with Crippen LogP contribution in [0.1, 0.15) is 15.9 Å². The molecule has 1 N–H and O–H groups in total. The van der Waals surface area contributed by atoms with Gasteiger partial charge in [-0.15, -0.1) is 5.10 Å². The fourth-order valence-corrected chi connectivity index (χ4v) is 2.60. The van der Waals surface area contributed by atoms with Crippen LogP contribution < -0.4 is 5.32 Å². The van der Waals surface area contributed by atoms with E-state index in [0.717, 1.165) is 5.56 Å². The number of benzene rings is 2. The molecule has 1 amide bonds. The second kappa shape index (κ2) is 6.72. The number of amides is 1. The summed E-state index contributed by atoms with van der Waals surface area (Å²) in [6.45, 7) is 0.317. The van der Waals surface area contributed by atoms with Gasteiger partial charge in [0.05, 0.1) is 5.69 Å². The maximum atomic E-state index is 12.9. The highest BCUT2D eigenvalue weighted by Crippen LogP contribution is 2.15. The number of aromatic nitrogens is 4. The lowest BCUT2D eigenvalue weighted by Crippen LogP contribution is -2.22. The Kier molecular flexibility index (Phi) is 4.10. The molecule has 128 valence electrons. The quantitative estimate of drug-likeness (QED) is 0.616. The van der Waals surface area contributed by atoms with Gasteiger partial charge in [0.15, 0.2) is 5.65 Å². The molecule has 0 radical (unpaired) electrons. The maximum Gasteiger partial charge on any atom is 0.251 e. The summed E-state index contributed by atoms with van der Waals surface area (Å²) < 4.78 is 14.5. The molecule has 4 rings (SSSR count). The normalized spacial score (nSPS) is 10.8. The Morgan fingerprint density at radius 3 is 2.77 bits per heavy atom. The molecule has 0 aliphatic rings. The summed E-state index contributed by atoms with van der Waals surface area (Å²) in [5.41, 5.74) is 3.31. The zero-order valence-electron chi connectivity index (χ0n) is 13.6. The second-order valence-electron chi connectivity index (χ2n) is 5.71. The van der Waals surface area contributed by atoms with E-state index in [1.807, 2.05) is 12.1 Å². The number of hydrogen-bond acceptors (Lipinski definition) is 4. The van der Waals surface area contributed by atoms with E-state index < -0.39 is 0 Å². The van der Waals surface area contributed by atoms with E-state index in [4.69, 9.17) is 0 Å². The lowest BCUT2D eigenvalue weighted by molar-refractivity contribution is 0.0951. The third-order valence-electron chi connectivity index (χ3n) is 3.93. The number of carbonyl (C=O) groups is 1. The fraction of sp³-hybridized carbons (Fsp3) is 0.0526. The molecule has 0 spiro atoms. The molecule has 0 fully saturated rings. The van der Waals surface area contributed by atoms with Gasteiger partial charge in [0.25, 0.3) is 5.91 Å². The van der Waals surface area contributed by atoms with Gasteiger partial charge in [-0.25, -0.2) is 9.37 Å². The highest BCUT2D eigenvalue weighted by atomic mass is 19.1. The van der Waals surface area contributed by atoms with Gasteiger partial charge in [0, 0.05) is 18.3 Å². The van der Waals surface area contributed by atoms with Gasteiger partial charge in [-0.1, -0.05) is 23.4 Å². The van der Waals surface area contributed by atoms with E-state index in [2.05, 4.69) is 20.6 Å². The molecule has 0 bridgehead atoms. The number of nitrogens with zero attached hydrogens (tertiary/aromatic N) is 4. The van der Waals surface area contributed by atoms with Crippen LogP contribution in [0.25, 0.3) is 16.9 Å². The van der Waals surface area contributed by atoms with Crippen LogP contribution in [-0.2, 0) is 6.54 Å². The molecule has 2 aromatic heterocycles. The van der Waals surface area contributed by atoms with Gasteiger partial charge in [0.2, 0.25) is 0 Å². The maximum absolute atomic E-state index is 12.9. The molecule has 7 heteroatoms. The predicted molar refractivity (Wildman–Crippen MR) is 94.2 cm³/mol. The van der Waals surface area contributed by atoms with Gasteiger partial charge in [-0.05, 0) is 48.0 Å². The van der Waals surface area contributed by atoms with E-state index in [9.17, 15) is 9.18 Å². The number of halogens is 1. The van der Waals surface area contributed by atoms with Crippen LogP contribution in [0.5, 0.6) is 0 Å². The number of hydrogen-bond donors (Lipinski definition) is 1. The second-order valence-corrected chi connectivity index (χ2v) is 5.71. The lowest BCUT2D eigenvalue weighted by atomic mass is 10.1. The van der Waals surface area contributed by atoms with Crippen molar-refractivity contribution in [2.24, 2.45) is 0 Å². The highest BCUT2D eigenvalue weighted by molar-refractivity contribution is 5.94. The van der Waals surface area contributed by atoms with E-state index in [1.165, 1.54) is 12.1 Å². The van der Waals surface area contributed by atoms with Crippen molar-refractivity contribution in [3.05, 3.63) is 83.8 Å². The largest absolute Gasteiger partial charge is 0.348 e. The number of nitrogens with one attached hydrogen (secondary N) is 1. The van der Waals surface area contributed by atoms with Crippen molar-refractivity contribution in [2.45, 2.75) is 6.54 Å². The molecule has 2 heterocycles. The van der Waals surface area contributed by atoms with Crippen molar-refractivity contribution in [2.75, 3.05) is 0 Å². The van der Waals surface area contributed by atoms with Crippen LogP contribution in [0, 0.1) is 5.82 Å². The van der Waals surface area contributed by atoms with Crippen LogP contribution in [0.15, 0.2) is 66.9 Å². The van der Waals surface area contributed by atoms with E-state index in [1.54, 1.807) is 47.3 Å². The fourth-order valence-electron chi connectivity index (χ4n) is 2.60. The summed E-state index contributed by atoms with van der Waals surface area (Å²) in [7, 11) is 0. The first kappa shape index (κ1) is 15.9. The van der Waals surface area contributed by atoms with Crippen LogP contribution in [0.4, 0.5) is 4.39 Å².